The predicted molar refractivity (Wildman–Crippen MR) is 94.2 cm³/mol. The maximum atomic E-state index is 4.64. The lowest BCUT2D eigenvalue weighted by Gasteiger charge is -2.11. The van der Waals surface area contributed by atoms with E-state index in [0.29, 0.717) is 0 Å². The monoisotopic (exact) mass is 299 g/mol. The second kappa shape index (κ2) is 5.36. The summed E-state index contributed by atoms with van der Waals surface area (Å²) in [6, 6.07) is 17.0. The fourth-order valence-electron chi connectivity index (χ4n) is 3.05. The molecule has 0 saturated heterocycles. The first kappa shape index (κ1) is 13.7. The van der Waals surface area contributed by atoms with E-state index in [-0.39, 0.29) is 0 Å². The first-order chi connectivity index (χ1) is 11.2. The molecule has 2 heterocycles. The fraction of sp³-hybridized carbons (Fsp3) is 0.100. The van der Waals surface area contributed by atoms with E-state index in [9.17, 15) is 0 Å². The smallest absolute Gasteiger partial charge is 0.0780 e. The van der Waals surface area contributed by atoms with Crippen LogP contribution in [0.25, 0.3) is 33.3 Å². The van der Waals surface area contributed by atoms with Crippen LogP contribution in [0.2, 0.25) is 0 Å². The lowest BCUT2D eigenvalue weighted by atomic mass is 9.96. The molecule has 2 aromatic carbocycles. The fourth-order valence-corrected chi connectivity index (χ4v) is 3.05. The van der Waals surface area contributed by atoms with Crippen molar-refractivity contribution < 1.29 is 0 Å². The molecule has 4 aromatic rings. The molecule has 0 amide bonds. The van der Waals surface area contributed by atoms with E-state index in [1.807, 2.05) is 18.5 Å². The van der Waals surface area contributed by atoms with Crippen molar-refractivity contribution in [3.63, 3.8) is 0 Å². The average Bonchev–Trinajstić information content (AvgIpc) is 3.04. The van der Waals surface area contributed by atoms with Crippen molar-refractivity contribution in [3.05, 3.63) is 72.1 Å². The number of hydrogen-bond acceptors (Lipinski definition) is 2. The van der Waals surface area contributed by atoms with Crippen LogP contribution >= 0.6 is 0 Å². The molecule has 23 heavy (non-hydrogen) atoms. The van der Waals surface area contributed by atoms with Crippen LogP contribution in [0.3, 0.4) is 0 Å². The van der Waals surface area contributed by atoms with Gasteiger partial charge in [-0.2, -0.15) is 5.10 Å². The molecule has 1 N–H and O–H groups in total. The van der Waals surface area contributed by atoms with Crippen LogP contribution in [0, 0.1) is 13.8 Å². The van der Waals surface area contributed by atoms with Gasteiger partial charge in [-0.05, 0) is 49.2 Å². The Hall–Kier alpha value is -2.94. The largest absolute Gasteiger partial charge is 0.278 e. The quantitative estimate of drug-likeness (QED) is 0.571. The number of benzene rings is 2. The summed E-state index contributed by atoms with van der Waals surface area (Å²) >= 11 is 0. The third kappa shape index (κ3) is 2.40. The number of aryl methyl sites for hydroxylation is 2. The zero-order chi connectivity index (χ0) is 15.8. The van der Waals surface area contributed by atoms with Crippen molar-refractivity contribution >= 4 is 10.9 Å². The lowest BCUT2D eigenvalue weighted by Crippen LogP contribution is -1.90. The van der Waals surface area contributed by atoms with Crippen LogP contribution < -0.4 is 0 Å². The van der Waals surface area contributed by atoms with Crippen LogP contribution in [0.4, 0.5) is 0 Å². The molecule has 0 saturated carbocycles. The molecule has 0 aliphatic rings. The highest BCUT2D eigenvalue weighted by Gasteiger charge is 2.11. The standard InChI is InChI=1S/C20H17N3/c1-13-5-3-6-15(9-13)20-18(7-4-8-21-20)16-10-14(2)19-17(11-16)12-22-23-19/h3-12H,1-2H3,(H,22,23). The minimum absolute atomic E-state index is 1.01. The van der Waals surface area contributed by atoms with Gasteiger partial charge in [0.05, 0.1) is 17.4 Å². The first-order valence-electron chi connectivity index (χ1n) is 7.68. The Labute approximate surface area is 135 Å². The van der Waals surface area contributed by atoms with E-state index >= 15 is 0 Å². The molecule has 3 nitrogen and oxygen atoms in total. The average molecular weight is 299 g/mol. The van der Waals surface area contributed by atoms with Crippen LogP contribution in [0.5, 0.6) is 0 Å². The van der Waals surface area contributed by atoms with Gasteiger partial charge in [-0.25, -0.2) is 0 Å². The van der Waals surface area contributed by atoms with Crippen molar-refractivity contribution in [2.24, 2.45) is 0 Å². The van der Waals surface area contributed by atoms with Crippen molar-refractivity contribution in [2.75, 3.05) is 0 Å². The van der Waals surface area contributed by atoms with Crippen LogP contribution in [0.1, 0.15) is 11.1 Å². The molecule has 4 rings (SSSR count). The molecule has 0 radical (unpaired) electrons. The number of aromatic amines is 1. The highest BCUT2D eigenvalue weighted by Crippen LogP contribution is 2.33. The lowest BCUT2D eigenvalue weighted by molar-refractivity contribution is 1.11. The van der Waals surface area contributed by atoms with E-state index < -0.39 is 0 Å². The SMILES string of the molecule is Cc1cccc(-c2ncccc2-c2cc(C)c3[nH]ncc3c2)c1. The van der Waals surface area contributed by atoms with Crippen LogP contribution in [-0.4, -0.2) is 15.2 Å². The Morgan fingerprint density at radius 2 is 1.83 bits per heavy atom. The summed E-state index contributed by atoms with van der Waals surface area (Å²) in [4.78, 5) is 4.64. The number of nitrogens with zero attached hydrogens (tertiary/aromatic N) is 2. The first-order valence-corrected chi connectivity index (χ1v) is 7.68. The van der Waals surface area contributed by atoms with Gasteiger partial charge in [0.15, 0.2) is 0 Å². The number of nitrogens with one attached hydrogen (secondary N) is 1. The van der Waals surface area contributed by atoms with Crippen LogP contribution in [-0.2, 0) is 0 Å². The topological polar surface area (TPSA) is 41.6 Å². The maximum Gasteiger partial charge on any atom is 0.0780 e. The summed E-state index contributed by atoms with van der Waals surface area (Å²) < 4.78 is 0. The minimum atomic E-state index is 1.01. The maximum absolute atomic E-state index is 4.64. The Morgan fingerprint density at radius 3 is 2.70 bits per heavy atom. The van der Waals surface area contributed by atoms with Crippen molar-refractivity contribution in [3.8, 4) is 22.4 Å². The van der Waals surface area contributed by atoms with Crippen molar-refractivity contribution in [1.29, 1.82) is 0 Å². The number of fused-ring (bicyclic) bond motifs is 1. The molecule has 0 unspecified atom stereocenters. The summed E-state index contributed by atoms with van der Waals surface area (Å²) in [5.74, 6) is 0. The Kier molecular flexibility index (Phi) is 3.19. The normalized spacial score (nSPS) is 11.0. The minimum Gasteiger partial charge on any atom is -0.278 e. The van der Waals surface area contributed by atoms with E-state index in [2.05, 4.69) is 71.5 Å². The molecule has 0 spiro atoms. The van der Waals surface area contributed by atoms with Crippen molar-refractivity contribution in [2.45, 2.75) is 13.8 Å². The van der Waals surface area contributed by atoms with Gasteiger partial charge >= 0.3 is 0 Å². The second-order valence-corrected chi connectivity index (χ2v) is 5.90. The predicted octanol–water partition coefficient (Wildman–Crippen LogP) is 4.91. The van der Waals surface area contributed by atoms with E-state index in [0.717, 1.165) is 27.7 Å². The van der Waals surface area contributed by atoms with Gasteiger partial charge in [0, 0.05) is 22.7 Å². The third-order valence-electron chi connectivity index (χ3n) is 4.16. The van der Waals surface area contributed by atoms with Gasteiger partial charge in [0.1, 0.15) is 0 Å². The number of H-pyrrole nitrogens is 1. The van der Waals surface area contributed by atoms with Gasteiger partial charge in [-0.15, -0.1) is 0 Å². The number of pyridine rings is 1. The van der Waals surface area contributed by atoms with E-state index in [4.69, 9.17) is 0 Å². The molecule has 112 valence electrons. The molecule has 0 fully saturated rings. The van der Waals surface area contributed by atoms with Gasteiger partial charge in [-0.1, -0.05) is 29.8 Å². The van der Waals surface area contributed by atoms with E-state index in [1.165, 1.54) is 16.7 Å². The molecule has 0 aliphatic heterocycles. The molecule has 0 atom stereocenters. The summed E-state index contributed by atoms with van der Waals surface area (Å²) in [6.45, 7) is 4.21. The molecule has 2 aromatic heterocycles. The molecular formula is C20H17N3. The van der Waals surface area contributed by atoms with E-state index in [1.54, 1.807) is 0 Å². The summed E-state index contributed by atoms with van der Waals surface area (Å²) in [7, 11) is 0. The summed E-state index contributed by atoms with van der Waals surface area (Å²) in [6.07, 6.45) is 3.72. The second-order valence-electron chi connectivity index (χ2n) is 5.90. The summed E-state index contributed by atoms with van der Waals surface area (Å²) in [5.41, 5.74) is 7.98. The van der Waals surface area contributed by atoms with Crippen molar-refractivity contribution in [1.82, 2.24) is 15.2 Å². The Morgan fingerprint density at radius 1 is 0.913 bits per heavy atom. The summed E-state index contributed by atoms with van der Waals surface area (Å²) in [5, 5.41) is 8.33. The highest BCUT2D eigenvalue weighted by atomic mass is 15.1. The Balaban J connectivity index is 1.95. The number of aromatic nitrogens is 3. The number of rotatable bonds is 2. The Bertz CT molecular complexity index is 999. The van der Waals surface area contributed by atoms with Gasteiger partial charge in [0.2, 0.25) is 0 Å². The molecule has 3 heteroatoms. The van der Waals surface area contributed by atoms with Gasteiger partial charge in [-0.3, -0.25) is 10.1 Å². The number of hydrogen-bond donors (Lipinski definition) is 1. The van der Waals surface area contributed by atoms with Gasteiger partial charge < -0.3 is 0 Å². The molecule has 0 aliphatic carbocycles. The van der Waals surface area contributed by atoms with Crippen LogP contribution in [0.15, 0.2) is 60.9 Å². The zero-order valence-electron chi connectivity index (χ0n) is 13.2. The third-order valence-corrected chi connectivity index (χ3v) is 4.16. The molecular weight excluding hydrogens is 282 g/mol. The highest BCUT2D eigenvalue weighted by molar-refractivity contribution is 5.90. The molecule has 0 bridgehead atoms. The van der Waals surface area contributed by atoms with Gasteiger partial charge in [0.25, 0.3) is 0 Å². The zero-order valence-corrected chi connectivity index (χ0v) is 13.2.